The van der Waals surface area contributed by atoms with Crippen molar-refractivity contribution in [3.8, 4) is 5.88 Å². The summed E-state index contributed by atoms with van der Waals surface area (Å²) in [5.74, 6) is 0.947. The number of rotatable bonds is 3. The second kappa shape index (κ2) is 6.17. The number of benzene rings is 1. The number of hydrogen-bond acceptors (Lipinski definition) is 4. The normalized spacial score (nSPS) is 20.9. The van der Waals surface area contributed by atoms with Gasteiger partial charge in [0.25, 0.3) is 5.84 Å². The zero-order valence-corrected chi connectivity index (χ0v) is 14.2. The maximum absolute atomic E-state index is 13.3. The third-order valence-corrected chi connectivity index (χ3v) is 4.45. The van der Waals surface area contributed by atoms with Crippen molar-refractivity contribution in [2.75, 3.05) is 7.11 Å². The molecule has 3 heterocycles. The lowest BCUT2D eigenvalue weighted by Gasteiger charge is -2.32. The van der Waals surface area contributed by atoms with Crippen molar-refractivity contribution in [3.63, 3.8) is 0 Å². The number of aromatic nitrogens is 1. The molecule has 0 N–H and O–H groups in total. The molecule has 1 atom stereocenters. The second-order valence-corrected chi connectivity index (χ2v) is 5.94. The minimum atomic E-state index is -4.44. The van der Waals surface area contributed by atoms with E-state index in [4.69, 9.17) is 4.74 Å². The minimum Gasteiger partial charge on any atom is -0.481 e. The van der Waals surface area contributed by atoms with Gasteiger partial charge in [0, 0.05) is 24.4 Å². The number of fused-ring (bicyclic) bond motifs is 1. The highest BCUT2D eigenvalue weighted by molar-refractivity contribution is 6.38. The number of methoxy groups -OCH3 is 1. The van der Waals surface area contributed by atoms with Crippen LogP contribution in [0.25, 0.3) is 5.70 Å². The summed E-state index contributed by atoms with van der Waals surface area (Å²) in [6.07, 6.45) is 3.59. The highest BCUT2D eigenvalue weighted by atomic mass is 19.4. The van der Waals surface area contributed by atoms with Crippen molar-refractivity contribution < 1.29 is 17.9 Å². The van der Waals surface area contributed by atoms with Gasteiger partial charge in [-0.05, 0) is 12.1 Å². The van der Waals surface area contributed by atoms with Gasteiger partial charge in [-0.2, -0.15) is 22.6 Å². The molecule has 27 heavy (non-hydrogen) atoms. The predicted molar refractivity (Wildman–Crippen MR) is 97.1 cm³/mol. The van der Waals surface area contributed by atoms with Crippen molar-refractivity contribution >= 4 is 23.4 Å². The van der Waals surface area contributed by atoms with Crippen molar-refractivity contribution in [2.45, 2.75) is 6.18 Å². The summed E-state index contributed by atoms with van der Waals surface area (Å²) >= 11 is 0. The van der Waals surface area contributed by atoms with Crippen LogP contribution in [0.3, 0.4) is 0 Å². The van der Waals surface area contributed by atoms with E-state index in [9.17, 15) is 13.2 Å². The van der Waals surface area contributed by atoms with Crippen LogP contribution in [0.4, 0.5) is 18.9 Å². The van der Waals surface area contributed by atoms with Gasteiger partial charge < -0.3 is 4.74 Å². The van der Waals surface area contributed by atoms with Crippen molar-refractivity contribution in [2.24, 2.45) is 9.98 Å². The fourth-order valence-electron chi connectivity index (χ4n) is 3.15. The Morgan fingerprint density at radius 2 is 1.96 bits per heavy atom. The zero-order valence-electron chi connectivity index (χ0n) is 14.2. The lowest BCUT2D eigenvalue weighted by Crippen LogP contribution is -2.47. The van der Waals surface area contributed by atoms with E-state index >= 15 is 0 Å². The molecule has 8 heteroatoms. The third kappa shape index (κ3) is 2.74. The highest BCUT2D eigenvalue weighted by Crippen LogP contribution is 2.42. The SMILES string of the molecule is COc1ccc(C2=CN=C3C=NC=C[N+]23c2cccc(C(F)(F)F)c2)cn1. The maximum atomic E-state index is 13.3. The second-order valence-electron chi connectivity index (χ2n) is 5.94. The maximum Gasteiger partial charge on any atom is 0.416 e. The molecule has 0 bridgehead atoms. The number of halogens is 3. The van der Waals surface area contributed by atoms with Crippen molar-refractivity contribution in [1.82, 2.24) is 9.47 Å². The Balaban J connectivity index is 1.87. The Morgan fingerprint density at radius 3 is 2.67 bits per heavy atom. The van der Waals surface area contributed by atoms with Gasteiger partial charge in [0.15, 0.2) is 5.70 Å². The van der Waals surface area contributed by atoms with Crippen LogP contribution in [-0.4, -0.2) is 24.1 Å². The first-order valence-electron chi connectivity index (χ1n) is 8.02. The van der Waals surface area contributed by atoms with Gasteiger partial charge in [-0.25, -0.2) is 4.98 Å². The van der Waals surface area contributed by atoms with E-state index in [-0.39, 0.29) is 4.48 Å². The Bertz CT molecular complexity index is 1010. The van der Waals surface area contributed by atoms with Gasteiger partial charge in [0.2, 0.25) is 5.88 Å². The smallest absolute Gasteiger partial charge is 0.416 e. The third-order valence-electron chi connectivity index (χ3n) is 4.45. The molecule has 0 radical (unpaired) electrons. The van der Waals surface area contributed by atoms with Gasteiger partial charge in [-0.15, -0.1) is 0 Å². The van der Waals surface area contributed by atoms with E-state index in [0.717, 1.165) is 12.1 Å². The van der Waals surface area contributed by atoms with E-state index in [1.165, 1.54) is 13.2 Å². The summed E-state index contributed by atoms with van der Waals surface area (Å²) in [6.45, 7) is 0. The zero-order chi connectivity index (χ0) is 19.1. The first kappa shape index (κ1) is 17.2. The van der Waals surface area contributed by atoms with Gasteiger partial charge >= 0.3 is 6.18 Å². The first-order chi connectivity index (χ1) is 12.9. The number of alkyl halides is 3. The van der Waals surface area contributed by atoms with Gasteiger partial charge in [-0.3, -0.25) is 4.99 Å². The summed E-state index contributed by atoms with van der Waals surface area (Å²) in [5.41, 5.74) is 1.07. The fourth-order valence-corrected chi connectivity index (χ4v) is 3.15. The summed E-state index contributed by atoms with van der Waals surface area (Å²) in [6, 6.07) is 8.71. The summed E-state index contributed by atoms with van der Waals surface area (Å²) < 4.78 is 44.8. The number of pyridine rings is 1. The number of ether oxygens (including phenoxy) is 1. The Kier molecular flexibility index (Phi) is 3.92. The molecule has 2 aliphatic heterocycles. The molecular weight excluding hydrogens is 357 g/mol. The minimum absolute atomic E-state index is 0.0958. The quantitative estimate of drug-likeness (QED) is 0.752. The Hall–Kier alpha value is -3.26. The monoisotopic (exact) mass is 371 g/mol. The topological polar surface area (TPSA) is 46.8 Å². The van der Waals surface area contributed by atoms with E-state index in [1.807, 2.05) is 0 Å². The molecule has 2 aliphatic rings. The molecule has 5 nitrogen and oxygen atoms in total. The molecule has 0 fully saturated rings. The molecular formula is C19H14F3N4O+. The molecule has 1 unspecified atom stereocenters. The van der Waals surface area contributed by atoms with Crippen LogP contribution in [-0.2, 0) is 6.18 Å². The van der Waals surface area contributed by atoms with E-state index in [1.54, 1.807) is 49.2 Å². The molecule has 0 saturated carbocycles. The lowest BCUT2D eigenvalue weighted by molar-refractivity contribution is -0.137. The van der Waals surface area contributed by atoms with Crippen molar-refractivity contribution in [1.29, 1.82) is 0 Å². The number of nitrogens with zero attached hydrogens (tertiary/aromatic N) is 4. The number of hydrogen-bond donors (Lipinski definition) is 0. The van der Waals surface area contributed by atoms with Crippen LogP contribution in [0.1, 0.15) is 11.1 Å². The van der Waals surface area contributed by atoms with Gasteiger partial charge in [0.05, 0.1) is 30.6 Å². The largest absolute Gasteiger partial charge is 0.481 e. The molecule has 0 amide bonds. The number of amidine groups is 1. The molecule has 0 saturated heterocycles. The fraction of sp³-hybridized carbons (Fsp3) is 0.105. The molecule has 2 aromatic rings. The first-order valence-corrected chi connectivity index (χ1v) is 8.02. The lowest BCUT2D eigenvalue weighted by atomic mass is 10.1. The highest BCUT2D eigenvalue weighted by Gasteiger charge is 2.46. The Labute approximate surface area is 153 Å². The van der Waals surface area contributed by atoms with Gasteiger partial charge in [0.1, 0.15) is 18.1 Å². The van der Waals surface area contributed by atoms with Gasteiger partial charge in [-0.1, -0.05) is 6.07 Å². The number of aliphatic imine (C=N–C) groups is 2. The van der Waals surface area contributed by atoms with E-state index < -0.39 is 11.7 Å². The average Bonchev–Trinajstić information content (AvgIpc) is 3.08. The van der Waals surface area contributed by atoms with Crippen LogP contribution >= 0.6 is 0 Å². The molecule has 1 aromatic carbocycles. The summed E-state index contributed by atoms with van der Waals surface area (Å²) in [7, 11) is 1.51. The van der Waals surface area contributed by atoms with Crippen LogP contribution in [0.15, 0.2) is 71.2 Å². The summed E-state index contributed by atoms with van der Waals surface area (Å²) in [5, 5.41) is 0. The number of quaternary nitrogens is 1. The van der Waals surface area contributed by atoms with Crippen LogP contribution in [0, 0.1) is 0 Å². The van der Waals surface area contributed by atoms with Crippen LogP contribution in [0.2, 0.25) is 0 Å². The molecule has 4 rings (SSSR count). The molecule has 0 spiro atoms. The summed E-state index contributed by atoms with van der Waals surface area (Å²) in [4.78, 5) is 12.7. The molecule has 1 aromatic heterocycles. The Morgan fingerprint density at radius 1 is 1.11 bits per heavy atom. The molecule has 0 aliphatic carbocycles. The molecule has 136 valence electrons. The van der Waals surface area contributed by atoms with Crippen LogP contribution in [0.5, 0.6) is 5.88 Å². The predicted octanol–water partition coefficient (Wildman–Crippen LogP) is 4.38. The van der Waals surface area contributed by atoms with E-state index in [2.05, 4.69) is 15.0 Å². The van der Waals surface area contributed by atoms with Crippen LogP contribution < -0.4 is 9.22 Å². The standard InChI is InChI=1S/C19H14F3N4O/c1-27-18-6-5-13(10-25-18)16-11-24-17-12-23-7-8-26(16,17)15-4-2-3-14(9-15)19(20,21)22/h2-12H,1H3/q+1. The van der Waals surface area contributed by atoms with Crippen molar-refractivity contribution in [3.05, 3.63) is 72.3 Å². The van der Waals surface area contributed by atoms with E-state index in [0.29, 0.717) is 28.7 Å². The average molecular weight is 371 g/mol.